The molecule has 0 saturated heterocycles. The summed E-state index contributed by atoms with van der Waals surface area (Å²) in [6.07, 6.45) is 2.63. The van der Waals surface area contributed by atoms with Crippen LogP contribution >= 0.6 is 0 Å². The number of H-pyrrole nitrogens is 1. The van der Waals surface area contributed by atoms with Gasteiger partial charge in [0.15, 0.2) is 0 Å². The second-order valence-electron chi connectivity index (χ2n) is 4.34. The molecule has 0 amide bonds. The minimum absolute atomic E-state index is 0.0684. The molecule has 0 spiro atoms. The molecule has 0 aliphatic carbocycles. The highest BCUT2D eigenvalue weighted by molar-refractivity contribution is 7.89. The molecule has 2 aromatic rings. The molecule has 21 heavy (non-hydrogen) atoms. The number of rotatable bonds is 7. The van der Waals surface area contributed by atoms with Gasteiger partial charge in [-0.3, -0.25) is 5.10 Å². The summed E-state index contributed by atoms with van der Waals surface area (Å²) >= 11 is 0. The smallest absolute Gasteiger partial charge is 0.244 e. The van der Waals surface area contributed by atoms with Crippen molar-refractivity contribution in [2.24, 2.45) is 0 Å². The van der Waals surface area contributed by atoms with Crippen molar-refractivity contribution in [3.63, 3.8) is 0 Å². The Morgan fingerprint density at radius 1 is 1.43 bits per heavy atom. The Balaban J connectivity index is 1.98. The van der Waals surface area contributed by atoms with E-state index in [4.69, 9.17) is 10.5 Å². The van der Waals surface area contributed by atoms with Gasteiger partial charge in [-0.2, -0.15) is 5.10 Å². The van der Waals surface area contributed by atoms with Crippen LogP contribution in [-0.2, 0) is 16.4 Å². The van der Waals surface area contributed by atoms with Gasteiger partial charge in [0.05, 0.1) is 7.11 Å². The maximum absolute atomic E-state index is 12.2. The zero-order valence-electron chi connectivity index (χ0n) is 11.5. The van der Waals surface area contributed by atoms with Gasteiger partial charge in [0, 0.05) is 24.7 Å². The van der Waals surface area contributed by atoms with Crippen molar-refractivity contribution in [2.75, 3.05) is 19.4 Å². The summed E-state index contributed by atoms with van der Waals surface area (Å²) in [4.78, 5) is 4.04. The number of nitrogens with one attached hydrogen (secondary N) is 2. The fraction of sp³-hybridized carbons (Fsp3) is 0.333. The average molecular weight is 311 g/mol. The van der Waals surface area contributed by atoms with E-state index < -0.39 is 10.0 Å². The third kappa shape index (κ3) is 3.92. The van der Waals surface area contributed by atoms with Crippen LogP contribution in [0.15, 0.2) is 29.4 Å². The number of aromatic nitrogens is 3. The Kier molecular flexibility index (Phi) is 4.76. The topological polar surface area (TPSA) is 123 Å². The maximum atomic E-state index is 12.2. The Bertz CT molecular complexity index is 685. The number of nitrogens with zero attached hydrogens (tertiary/aromatic N) is 2. The van der Waals surface area contributed by atoms with Gasteiger partial charge in [-0.15, -0.1) is 0 Å². The Morgan fingerprint density at radius 2 is 2.24 bits per heavy atom. The lowest BCUT2D eigenvalue weighted by Gasteiger charge is -2.11. The monoisotopic (exact) mass is 311 g/mol. The van der Waals surface area contributed by atoms with E-state index in [2.05, 4.69) is 19.9 Å². The number of hydrogen-bond acceptors (Lipinski definition) is 6. The van der Waals surface area contributed by atoms with Crippen molar-refractivity contribution in [1.29, 1.82) is 0 Å². The Morgan fingerprint density at radius 3 is 2.90 bits per heavy atom. The number of sulfonamides is 1. The predicted molar refractivity (Wildman–Crippen MR) is 77.3 cm³/mol. The highest BCUT2D eigenvalue weighted by Gasteiger charge is 2.18. The summed E-state index contributed by atoms with van der Waals surface area (Å²) in [5, 5.41) is 6.44. The van der Waals surface area contributed by atoms with Crippen molar-refractivity contribution in [2.45, 2.75) is 17.7 Å². The highest BCUT2D eigenvalue weighted by atomic mass is 32.2. The molecule has 0 aliphatic heterocycles. The van der Waals surface area contributed by atoms with Gasteiger partial charge < -0.3 is 10.5 Å². The summed E-state index contributed by atoms with van der Waals surface area (Å²) in [6.45, 7) is 0.288. The molecule has 0 radical (unpaired) electrons. The highest BCUT2D eigenvalue weighted by Crippen LogP contribution is 2.25. The summed E-state index contributed by atoms with van der Waals surface area (Å²) in [7, 11) is -2.24. The SMILES string of the molecule is COc1cc(N)ccc1S(=O)(=O)NCCCc1ncn[nH]1. The summed E-state index contributed by atoms with van der Waals surface area (Å²) in [6, 6.07) is 4.42. The predicted octanol–water partition coefficient (Wildman–Crippen LogP) is 0.307. The van der Waals surface area contributed by atoms with Gasteiger partial charge >= 0.3 is 0 Å². The molecule has 4 N–H and O–H groups in total. The molecule has 0 saturated carbocycles. The van der Waals surface area contributed by atoms with Gasteiger partial charge in [0.25, 0.3) is 0 Å². The Hall–Kier alpha value is -2.13. The largest absolute Gasteiger partial charge is 0.495 e. The molecule has 1 heterocycles. The van der Waals surface area contributed by atoms with Gasteiger partial charge in [0.1, 0.15) is 22.8 Å². The first-order chi connectivity index (χ1) is 10.0. The number of hydrogen-bond donors (Lipinski definition) is 3. The molecule has 0 bridgehead atoms. The van der Waals surface area contributed by atoms with Gasteiger partial charge in [0.2, 0.25) is 10.0 Å². The standard InChI is InChI=1S/C12H17N5O3S/c1-20-10-7-9(13)4-5-11(10)21(18,19)16-6-2-3-12-14-8-15-17-12/h4-5,7-8,16H,2-3,6,13H2,1H3,(H,14,15,17). The molecule has 0 fully saturated rings. The van der Waals surface area contributed by atoms with Crippen molar-refractivity contribution in [3.8, 4) is 5.75 Å². The van der Waals surface area contributed by atoms with E-state index in [9.17, 15) is 8.42 Å². The number of ether oxygens (including phenoxy) is 1. The van der Waals surface area contributed by atoms with Crippen LogP contribution in [-0.4, -0.2) is 37.3 Å². The number of benzene rings is 1. The van der Waals surface area contributed by atoms with Gasteiger partial charge in [-0.25, -0.2) is 18.1 Å². The van der Waals surface area contributed by atoms with E-state index in [-0.39, 0.29) is 17.2 Å². The van der Waals surface area contributed by atoms with E-state index in [1.54, 1.807) is 0 Å². The molecular weight excluding hydrogens is 294 g/mol. The number of nitrogen functional groups attached to an aromatic ring is 1. The fourth-order valence-corrected chi connectivity index (χ4v) is 3.02. The second-order valence-corrected chi connectivity index (χ2v) is 6.08. The lowest BCUT2D eigenvalue weighted by Crippen LogP contribution is -2.25. The molecule has 1 aromatic heterocycles. The third-order valence-electron chi connectivity index (χ3n) is 2.82. The van der Waals surface area contributed by atoms with Gasteiger partial charge in [-0.05, 0) is 18.6 Å². The average Bonchev–Trinajstić information content (AvgIpc) is 2.96. The second kappa shape index (κ2) is 6.55. The molecular formula is C12H17N5O3S. The van der Waals surface area contributed by atoms with Crippen LogP contribution in [0.3, 0.4) is 0 Å². The van der Waals surface area contributed by atoms with E-state index in [1.165, 1.54) is 31.6 Å². The molecule has 2 rings (SSSR count). The van der Waals surface area contributed by atoms with Crippen LogP contribution in [0.4, 0.5) is 5.69 Å². The van der Waals surface area contributed by atoms with Crippen molar-refractivity contribution < 1.29 is 13.2 Å². The Labute approximate surface area is 122 Å². The van der Waals surface area contributed by atoms with Crippen LogP contribution < -0.4 is 15.2 Å². The fourth-order valence-electron chi connectivity index (χ4n) is 1.80. The van der Waals surface area contributed by atoms with Crippen molar-refractivity contribution in [1.82, 2.24) is 19.9 Å². The minimum atomic E-state index is -3.64. The summed E-state index contributed by atoms with van der Waals surface area (Å²) in [5.74, 6) is 0.942. The minimum Gasteiger partial charge on any atom is -0.495 e. The molecule has 9 heteroatoms. The first-order valence-electron chi connectivity index (χ1n) is 6.30. The molecule has 8 nitrogen and oxygen atoms in total. The van der Waals surface area contributed by atoms with E-state index in [0.717, 1.165) is 5.82 Å². The molecule has 114 valence electrons. The van der Waals surface area contributed by atoms with Crippen LogP contribution in [0.1, 0.15) is 12.2 Å². The van der Waals surface area contributed by atoms with Crippen LogP contribution in [0.25, 0.3) is 0 Å². The first kappa shape index (κ1) is 15.3. The third-order valence-corrected chi connectivity index (χ3v) is 4.33. The number of anilines is 1. The molecule has 1 aromatic carbocycles. The van der Waals surface area contributed by atoms with E-state index >= 15 is 0 Å². The van der Waals surface area contributed by atoms with Crippen LogP contribution in [0.5, 0.6) is 5.75 Å². The number of nitrogens with two attached hydrogens (primary N) is 1. The number of aromatic amines is 1. The lowest BCUT2D eigenvalue weighted by atomic mass is 10.3. The summed E-state index contributed by atoms with van der Waals surface area (Å²) < 4.78 is 32.0. The maximum Gasteiger partial charge on any atom is 0.244 e. The first-order valence-corrected chi connectivity index (χ1v) is 7.78. The molecule has 0 aliphatic rings. The quantitative estimate of drug-likeness (QED) is 0.499. The number of aryl methyl sites for hydroxylation is 1. The molecule has 0 unspecified atom stereocenters. The van der Waals surface area contributed by atoms with E-state index in [1.807, 2.05) is 0 Å². The van der Waals surface area contributed by atoms with Crippen LogP contribution in [0, 0.1) is 0 Å². The van der Waals surface area contributed by atoms with Crippen molar-refractivity contribution in [3.05, 3.63) is 30.4 Å². The van der Waals surface area contributed by atoms with Crippen LogP contribution in [0.2, 0.25) is 0 Å². The summed E-state index contributed by atoms with van der Waals surface area (Å²) in [5.41, 5.74) is 6.05. The normalized spacial score (nSPS) is 11.5. The van der Waals surface area contributed by atoms with E-state index in [0.29, 0.717) is 18.5 Å². The number of methoxy groups -OCH3 is 1. The lowest BCUT2D eigenvalue weighted by molar-refractivity contribution is 0.402. The zero-order valence-corrected chi connectivity index (χ0v) is 12.4. The zero-order chi connectivity index (χ0) is 15.3. The van der Waals surface area contributed by atoms with Crippen molar-refractivity contribution >= 4 is 15.7 Å². The van der Waals surface area contributed by atoms with Gasteiger partial charge in [-0.1, -0.05) is 0 Å². The molecule has 0 atom stereocenters.